The molecule has 1 N–H and O–H groups in total. The molecule has 0 unspecified atom stereocenters. The van der Waals surface area contributed by atoms with Gasteiger partial charge in [0.2, 0.25) is 10.0 Å². The van der Waals surface area contributed by atoms with Gasteiger partial charge in [0.15, 0.2) is 0 Å². The Morgan fingerprint density at radius 3 is 2.38 bits per heavy atom. The van der Waals surface area contributed by atoms with Gasteiger partial charge in [0.1, 0.15) is 0 Å². The van der Waals surface area contributed by atoms with Gasteiger partial charge < -0.3 is 5.32 Å². The highest BCUT2D eigenvalue weighted by atomic mass is 32.2. The minimum Gasteiger partial charge on any atom is -0.319 e. The topological polar surface area (TPSA) is 49.4 Å². The van der Waals surface area contributed by atoms with Gasteiger partial charge >= 0.3 is 0 Å². The third-order valence-corrected chi connectivity index (χ3v) is 4.19. The molecule has 0 saturated carbocycles. The van der Waals surface area contributed by atoms with Crippen molar-refractivity contribution in [3.63, 3.8) is 0 Å². The standard InChI is InChI=1S/C8H18N2O2S/c1-9-5-8-13(11,12)10-6-3-2-4-7-10/h9H,2-8H2,1H3. The first-order valence-electron chi connectivity index (χ1n) is 4.79. The Bertz CT molecular complexity index is 233. The van der Waals surface area contributed by atoms with Gasteiger partial charge in [-0.25, -0.2) is 12.7 Å². The second-order valence-corrected chi connectivity index (χ2v) is 5.47. The SMILES string of the molecule is CNCCS(=O)(=O)N1CCCCC1. The largest absolute Gasteiger partial charge is 0.319 e. The maximum absolute atomic E-state index is 11.6. The average Bonchev–Trinajstić information content (AvgIpc) is 2.16. The number of hydrogen-bond donors (Lipinski definition) is 1. The molecular formula is C8H18N2O2S. The molecule has 78 valence electrons. The van der Waals surface area contributed by atoms with E-state index in [4.69, 9.17) is 0 Å². The lowest BCUT2D eigenvalue weighted by molar-refractivity contribution is 0.346. The first kappa shape index (κ1) is 10.9. The van der Waals surface area contributed by atoms with E-state index in [1.807, 2.05) is 0 Å². The Labute approximate surface area is 80.4 Å². The van der Waals surface area contributed by atoms with Crippen LogP contribution in [0.5, 0.6) is 0 Å². The van der Waals surface area contributed by atoms with Gasteiger partial charge in [-0.1, -0.05) is 6.42 Å². The zero-order valence-electron chi connectivity index (χ0n) is 8.12. The van der Waals surface area contributed by atoms with Gasteiger partial charge in [-0.05, 0) is 19.9 Å². The summed E-state index contributed by atoms with van der Waals surface area (Å²) in [5, 5.41) is 2.86. The van der Waals surface area contributed by atoms with Gasteiger partial charge in [0, 0.05) is 19.6 Å². The monoisotopic (exact) mass is 206 g/mol. The summed E-state index contributed by atoms with van der Waals surface area (Å²) >= 11 is 0. The molecule has 0 radical (unpaired) electrons. The van der Waals surface area contributed by atoms with Crippen molar-refractivity contribution in [1.29, 1.82) is 0 Å². The normalized spacial score (nSPS) is 20.4. The number of hydrogen-bond acceptors (Lipinski definition) is 3. The number of rotatable bonds is 4. The fourth-order valence-electron chi connectivity index (χ4n) is 1.50. The van der Waals surface area contributed by atoms with E-state index in [2.05, 4.69) is 5.32 Å². The molecule has 0 aromatic heterocycles. The van der Waals surface area contributed by atoms with Gasteiger partial charge in [0.25, 0.3) is 0 Å². The molecule has 1 aliphatic heterocycles. The number of sulfonamides is 1. The molecule has 4 nitrogen and oxygen atoms in total. The summed E-state index contributed by atoms with van der Waals surface area (Å²) in [4.78, 5) is 0. The minimum absolute atomic E-state index is 0.226. The van der Waals surface area contributed by atoms with Crippen LogP contribution < -0.4 is 5.32 Å². The zero-order valence-corrected chi connectivity index (χ0v) is 8.94. The van der Waals surface area contributed by atoms with E-state index in [0.29, 0.717) is 19.6 Å². The smallest absolute Gasteiger partial charge is 0.215 e. The Balaban J connectivity index is 2.47. The highest BCUT2D eigenvalue weighted by molar-refractivity contribution is 7.89. The lowest BCUT2D eigenvalue weighted by Crippen LogP contribution is -2.39. The maximum Gasteiger partial charge on any atom is 0.215 e. The van der Waals surface area contributed by atoms with E-state index in [1.165, 1.54) is 0 Å². The highest BCUT2D eigenvalue weighted by Crippen LogP contribution is 2.12. The van der Waals surface area contributed by atoms with Crippen molar-refractivity contribution in [2.45, 2.75) is 19.3 Å². The molecule has 0 atom stereocenters. The summed E-state index contributed by atoms with van der Waals surface area (Å²) in [5.41, 5.74) is 0. The first-order valence-corrected chi connectivity index (χ1v) is 6.40. The Morgan fingerprint density at radius 2 is 1.85 bits per heavy atom. The third-order valence-electron chi connectivity index (χ3n) is 2.32. The lowest BCUT2D eigenvalue weighted by atomic mass is 10.2. The Hall–Kier alpha value is -0.130. The van der Waals surface area contributed by atoms with E-state index in [9.17, 15) is 8.42 Å². The van der Waals surface area contributed by atoms with Gasteiger partial charge in [0.05, 0.1) is 5.75 Å². The summed E-state index contributed by atoms with van der Waals surface area (Å²) < 4.78 is 24.9. The molecule has 0 aromatic rings. The second-order valence-electron chi connectivity index (χ2n) is 3.38. The molecule has 0 aromatic carbocycles. The summed E-state index contributed by atoms with van der Waals surface area (Å²) in [7, 11) is -1.21. The second kappa shape index (κ2) is 4.93. The summed E-state index contributed by atoms with van der Waals surface area (Å²) in [6.07, 6.45) is 3.19. The van der Waals surface area contributed by atoms with Crippen molar-refractivity contribution in [3.05, 3.63) is 0 Å². The molecule has 1 heterocycles. The minimum atomic E-state index is -2.97. The molecule has 0 spiro atoms. The first-order chi connectivity index (χ1) is 6.17. The molecule has 0 aliphatic carbocycles. The third kappa shape index (κ3) is 3.25. The van der Waals surface area contributed by atoms with Gasteiger partial charge in [-0.3, -0.25) is 0 Å². The van der Waals surface area contributed by atoms with E-state index >= 15 is 0 Å². The maximum atomic E-state index is 11.6. The van der Waals surface area contributed by atoms with Crippen LogP contribution in [-0.4, -0.2) is 45.2 Å². The van der Waals surface area contributed by atoms with Crippen molar-refractivity contribution < 1.29 is 8.42 Å². The number of nitrogens with zero attached hydrogens (tertiary/aromatic N) is 1. The number of piperidine rings is 1. The van der Waals surface area contributed by atoms with Crippen LogP contribution in [0, 0.1) is 0 Å². The average molecular weight is 206 g/mol. The molecule has 13 heavy (non-hydrogen) atoms. The Kier molecular flexibility index (Phi) is 4.15. The fourth-order valence-corrected chi connectivity index (χ4v) is 3.04. The molecule has 1 saturated heterocycles. The van der Waals surface area contributed by atoms with E-state index < -0.39 is 10.0 Å². The molecule has 1 fully saturated rings. The van der Waals surface area contributed by atoms with E-state index in [-0.39, 0.29) is 5.75 Å². The summed E-state index contributed by atoms with van der Waals surface area (Å²) in [5.74, 6) is 0.226. The zero-order chi connectivity index (χ0) is 9.73. The Morgan fingerprint density at radius 1 is 1.23 bits per heavy atom. The molecule has 1 rings (SSSR count). The van der Waals surface area contributed by atoms with Crippen LogP contribution in [0.2, 0.25) is 0 Å². The highest BCUT2D eigenvalue weighted by Gasteiger charge is 2.22. The molecule has 5 heteroatoms. The van der Waals surface area contributed by atoms with E-state index in [0.717, 1.165) is 19.3 Å². The van der Waals surface area contributed by atoms with Crippen molar-refractivity contribution in [2.24, 2.45) is 0 Å². The molecular weight excluding hydrogens is 188 g/mol. The number of nitrogens with one attached hydrogen (secondary N) is 1. The summed E-state index contributed by atoms with van der Waals surface area (Å²) in [6, 6.07) is 0. The van der Waals surface area contributed by atoms with Gasteiger partial charge in [-0.15, -0.1) is 0 Å². The lowest BCUT2D eigenvalue weighted by Gasteiger charge is -2.25. The van der Waals surface area contributed by atoms with Crippen LogP contribution in [0.4, 0.5) is 0 Å². The van der Waals surface area contributed by atoms with Crippen molar-refractivity contribution in [3.8, 4) is 0 Å². The van der Waals surface area contributed by atoms with Crippen LogP contribution in [0.15, 0.2) is 0 Å². The quantitative estimate of drug-likeness (QED) is 0.705. The van der Waals surface area contributed by atoms with Crippen LogP contribution >= 0.6 is 0 Å². The van der Waals surface area contributed by atoms with Crippen LogP contribution in [-0.2, 0) is 10.0 Å². The van der Waals surface area contributed by atoms with Crippen LogP contribution in [0.1, 0.15) is 19.3 Å². The van der Waals surface area contributed by atoms with Crippen LogP contribution in [0.25, 0.3) is 0 Å². The predicted octanol–water partition coefficient (Wildman–Crippen LogP) is 0.0215. The van der Waals surface area contributed by atoms with Crippen molar-refractivity contribution in [2.75, 3.05) is 32.4 Å². The molecule has 0 bridgehead atoms. The van der Waals surface area contributed by atoms with Crippen molar-refractivity contribution >= 4 is 10.0 Å². The van der Waals surface area contributed by atoms with Crippen molar-refractivity contribution in [1.82, 2.24) is 9.62 Å². The van der Waals surface area contributed by atoms with Gasteiger partial charge in [-0.2, -0.15) is 0 Å². The molecule has 0 amide bonds. The van der Waals surface area contributed by atoms with E-state index in [1.54, 1.807) is 11.4 Å². The summed E-state index contributed by atoms with van der Waals surface area (Å²) in [6.45, 7) is 1.97. The molecule has 1 aliphatic rings. The van der Waals surface area contributed by atoms with Crippen LogP contribution in [0.3, 0.4) is 0 Å². The fraction of sp³-hybridized carbons (Fsp3) is 1.00. The predicted molar refractivity (Wildman–Crippen MR) is 53.1 cm³/mol.